The van der Waals surface area contributed by atoms with E-state index >= 15 is 4.39 Å². The Morgan fingerprint density at radius 2 is 1.98 bits per heavy atom. The molecule has 248 valence electrons. The predicted octanol–water partition coefficient (Wildman–Crippen LogP) is 5.42. The standard InChI is InChI=1S/C36H44FN7O3/c1-20-26-11-9-22-16-28(43(31(22)40-26)13-7-5-6-12-36(37)19-35(36,2)34(46)39-20)32-41-27-15-23(17-29(47-4)30(27)42(32)3)33(45)44-18-25(38)21-8-10-24(44)14-21/h9,11,15-17,20-21,24-25H,5-8,10,12-14,18-19,38H2,1-4H3,(H,39,46)/t20-,21-,24+,25+,35+,36+/m1/s1. The number of rotatable bonds is 3. The minimum atomic E-state index is -1.45. The number of aromatic nitrogens is 4. The fourth-order valence-corrected chi connectivity index (χ4v) is 8.66. The van der Waals surface area contributed by atoms with Gasteiger partial charge in [0.2, 0.25) is 5.91 Å². The van der Waals surface area contributed by atoms with Crippen LogP contribution in [0, 0.1) is 11.3 Å². The summed E-state index contributed by atoms with van der Waals surface area (Å²) in [6.45, 7) is 4.91. The van der Waals surface area contributed by atoms with E-state index in [1.807, 2.05) is 47.7 Å². The summed E-state index contributed by atoms with van der Waals surface area (Å²) in [6.07, 6.45) is 6.09. The number of amides is 2. The zero-order chi connectivity index (χ0) is 32.8. The van der Waals surface area contributed by atoms with Crippen LogP contribution in [-0.4, -0.2) is 67.2 Å². The van der Waals surface area contributed by atoms with Gasteiger partial charge in [-0.25, -0.2) is 14.4 Å². The van der Waals surface area contributed by atoms with Crippen LogP contribution in [0.15, 0.2) is 30.3 Å². The zero-order valence-corrected chi connectivity index (χ0v) is 27.7. The molecule has 5 heterocycles. The molecule has 4 aliphatic rings. The molecule has 2 aliphatic heterocycles. The third-order valence-corrected chi connectivity index (χ3v) is 11.8. The number of imidazole rings is 1. The van der Waals surface area contributed by atoms with Crippen molar-refractivity contribution in [2.45, 2.75) is 95.6 Å². The number of benzene rings is 1. The van der Waals surface area contributed by atoms with Crippen LogP contribution in [0.25, 0.3) is 33.6 Å². The number of aryl methyl sites for hydroxylation is 2. The molecule has 4 aromatic rings. The second kappa shape index (κ2) is 10.8. The molecule has 11 heteroatoms. The molecule has 47 heavy (non-hydrogen) atoms. The number of likely N-dealkylation sites (tertiary alicyclic amines) is 1. The summed E-state index contributed by atoms with van der Waals surface area (Å²) in [7, 11) is 3.59. The number of ether oxygens (including phenoxy) is 1. The number of nitrogens with one attached hydrogen (secondary N) is 1. The zero-order valence-electron chi connectivity index (χ0n) is 27.7. The van der Waals surface area contributed by atoms with Crippen molar-refractivity contribution in [1.82, 2.24) is 29.3 Å². The van der Waals surface area contributed by atoms with E-state index in [0.717, 1.165) is 65.9 Å². The maximum atomic E-state index is 15.6. The van der Waals surface area contributed by atoms with Crippen LogP contribution < -0.4 is 15.8 Å². The normalized spacial score (nSPS) is 30.8. The minimum absolute atomic E-state index is 0.00918. The molecule has 8 rings (SSSR count). The monoisotopic (exact) mass is 641 g/mol. The molecule has 2 aliphatic carbocycles. The maximum Gasteiger partial charge on any atom is 0.254 e. The molecule has 3 aromatic heterocycles. The van der Waals surface area contributed by atoms with E-state index in [1.54, 1.807) is 14.0 Å². The number of nitrogens with two attached hydrogens (primary N) is 1. The highest BCUT2D eigenvalue weighted by molar-refractivity contribution is 6.00. The topological polar surface area (TPSA) is 120 Å². The van der Waals surface area contributed by atoms with E-state index in [0.29, 0.717) is 48.7 Å². The van der Waals surface area contributed by atoms with E-state index in [2.05, 4.69) is 16.0 Å². The first-order chi connectivity index (χ1) is 22.5. The van der Waals surface area contributed by atoms with Crippen LogP contribution in [-0.2, 0) is 18.4 Å². The maximum absolute atomic E-state index is 15.6. The van der Waals surface area contributed by atoms with Gasteiger partial charge in [0, 0.05) is 43.2 Å². The lowest BCUT2D eigenvalue weighted by Gasteiger charge is -2.37. The smallest absolute Gasteiger partial charge is 0.254 e. The van der Waals surface area contributed by atoms with Crippen LogP contribution in [0.2, 0.25) is 0 Å². The summed E-state index contributed by atoms with van der Waals surface area (Å²) in [5, 5.41) is 4.01. The molecular formula is C36H44FN7O3. The number of carbonyl (C=O) groups excluding carboxylic acids is 2. The Labute approximate surface area is 273 Å². The lowest BCUT2D eigenvalue weighted by Crippen LogP contribution is -2.51. The van der Waals surface area contributed by atoms with Crippen LogP contribution in [0.3, 0.4) is 0 Å². The number of halogens is 1. The van der Waals surface area contributed by atoms with Crippen LogP contribution in [0.4, 0.5) is 4.39 Å². The number of carbonyl (C=O) groups is 2. The summed E-state index contributed by atoms with van der Waals surface area (Å²) in [4.78, 5) is 39.2. The summed E-state index contributed by atoms with van der Waals surface area (Å²) in [5.41, 5.74) is 8.50. The van der Waals surface area contributed by atoms with Crippen molar-refractivity contribution in [2.75, 3.05) is 13.7 Å². The Bertz CT molecular complexity index is 1930. The lowest BCUT2D eigenvalue weighted by atomic mass is 9.94. The third-order valence-electron chi connectivity index (χ3n) is 11.8. The van der Waals surface area contributed by atoms with Gasteiger partial charge in [0.05, 0.1) is 35.5 Å². The Morgan fingerprint density at radius 1 is 1.15 bits per heavy atom. The van der Waals surface area contributed by atoms with Crippen LogP contribution in [0.1, 0.15) is 87.3 Å². The van der Waals surface area contributed by atoms with Gasteiger partial charge in [-0.2, -0.15) is 0 Å². The van der Waals surface area contributed by atoms with E-state index in [4.69, 9.17) is 20.4 Å². The Hall–Kier alpha value is -3.99. The van der Waals surface area contributed by atoms with Crippen molar-refractivity contribution in [2.24, 2.45) is 24.1 Å². The number of fused-ring (bicyclic) bond motifs is 5. The Balaban J connectivity index is 1.19. The van der Waals surface area contributed by atoms with Crippen molar-refractivity contribution in [3.05, 3.63) is 41.6 Å². The molecule has 2 saturated carbocycles. The van der Waals surface area contributed by atoms with E-state index in [9.17, 15) is 9.59 Å². The van der Waals surface area contributed by atoms with Crippen molar-refractivity contribution in [1.29, 1.82) is 0 Å². The van der Waals surface area contributed by atoms with E-state index in [-0.39, 0.29) is 36.4 Å². The molecule has 4 bridgehead atoms. The highest BCUT2D eigenvalue weighted by Gasteiger charge is 2.69. The van der Waals surface area contributed by atoms with Crippen molar-refractivity contribution < 1.29 is 18.7 Å². The summed E-state index contributed by atoms with van der Waals surface area (Å²) in [5.74, 6) is 1.56. The molecule has 2 amide bonds. The number of nitrogens with zero attached hydrogens (tertiary/aromatic N) is 5. The fraction of sp³-hybridized carbons (Fsp3) is 0.556. The number of pyridine rings is 1. The van der Waals surface area contributed by atoms with Crippen molar-refractivity contribution in [3.8, 4) is 17.3 Å². The largest absolute Gasteiger partial charge is 0.494 e. The predicted molar refractivity (Wildman–Crippen MR) is 178 cm³/mol. The number of piperidine rings is 1. The van der Waals surface area contributed by atoms with Gasteiger partial charge in [0.15, 0.2) is 5.82 Å². The quantitative estimate of drug-likeness (QED) is 0.308. The van der Waals surface area contributed by atoms with Gasteiger partial charge >= 0.3 is 0 Å². The number of alkyl halides is 1. The lowest BCUT2D eigenvalue weighted by molar-refractivity contribution is -0.128. The van der Waals surface area contributed by atoms with Gasteiger partial charge in [0.25, 0.3) is 5.91 Å². The molecule has 6 atom stereocenters. The summed E-state index contributed by atoms with van der Waals surface area (Å²) < 4.78 is 25.7. The highest BCUT2D eigenvalue weighted by atomic mass is 19.1. The van der Waals surface area contributed by atoms with Crippen LogP contribution >= 0.6 is 0 Å². The Kier molecular flexibility index (Phi) is 6.95. The number of hydrogen-bond donors (Lipinski definition) is 2. The summed E-state index contributed by atoms with van der Waals surface area (Å²) >= 11 is 0. The molecular weight excluding hydrogens is 597 g/mol. The van der Waals surface area contributed by atoms with Crippen molar-refractivity contribution in [3.63, 3.8) is 0 Å². The van der Waals surface area contributed by atoms with E-state index in [1.165, 1.54) is 0 Å². The molecule has 0 spiro atoms. The van der Waals surface area contributed by atoms with Gasteiger partial charge < -0.3 is 29.8 Å². The van der Waals surface area contributed by atoms with Crippen molar-refractivity contribution >= 4 is 33.9 Å². The average Bonchev–Trinajstić information content (AvgIpc) is 3.44. The molecule has 0 unspecified atom stereocenters. The van der Waals surface area contributed by atoms with Gasteiger partial charge in [-0.3, -0.25) is 9.59 Å². The molecule has 3 N–H and O–H groups in total. The SMILES string of the molecule is COc1cc(C(=O)N2C[C@H](N)[C@@H]3CC[C@H]2C3)cc2nc(-c3cc4ccc5nc4n3CCCCC[C@]3(F)C[C@@]3(C)C(=O)N[C@@H]5C)n(C)c12. The first-order valence-corrected chi connectivity index (χ1v) is 17.1. The molecule has 1 saturated heterocycles. The van der Waals surface area contributed by atoms with Gasteiger partial charge in [0.1, 0.15) is 22.6 Å². The summed E-state index contributed by atoms with van der Waals surface area (Å²) in [6, 6.07) is 9.64. The van der Waals surface area contributed by atoms with Gasteiger partial charge in [-0.05, 0) is 88.6 Å². The molecule has 0 radical (unpaired) electrons. The van der Waals surface area contributed by atoms with Gasteiger partial charge in [-0.15, -0.1) is 0 Å². The third kappa shape index (κ3) is 4.67. The first kappa shape index (κ1) is 30.4. The van der Waals surface area contributed by atoms with E-state index < -0.39 is 11.1 Å². The number of methoxy groups -OCH3 is 1. The average molecular weight is 642 g/mol. The first-order valence-electron chi connectivity index (χ1n) is 17.1. The molecule has 10 nitrogen and oxygen atoms in total. The fourth-order valence-electron chi connectivity index (χ4n) is 8.66. The minimum Gasteiger partial charge on any atom is -0.494 e. The molecule has 1 aromatic carbocycles. The van der Waals surface area contributed by atoms with Crippen LogP contribution in [0.5, 0.6) is 5.75 Å². The second-order valence-corrected chi connectivity index (χ2v) is 14.7. The van der Waals surface area contributed by atoms with Gasteiger partial charge in [-0.1, -0.05) is 12.8 Å². The second-order valence-electron chi connectivity index (χ2n) is 14.7. The Morgan fingerprint density at radius 3 is 2.79 bits per heavy atom. The highest BCUT2D eigenvalue weighted by Crippen LogP contribution is 2.62. The number of hydrogen-bond acceptors (Lipinski definition) is 6. The molecule has 3 fully saturated rings.